The molecule has 0 fully saturated rings. The maximum Gasteiger partial charge on any atom is 0.334 e. The van der Waals surface area contributed by atoms with Crippen LogP contribution in [-0.2, 0) is 9.59 Å². The molecule has 8 heteroatoms. The lowest BCUT2D eigenvalue weighted by Gasteiger charge is -2.31. The molecule has 1 aliphatic rings. The number of carboxylic acids is 1. The Morgan fingerprint density at radius 2 is 2.04 bits per heavy atom. The zero-order valence-corrected chi connectivity index (χ0v) is 13.2. The van der Waals surface area contributed by atoms with Gasteiger partial charge in [0.15, 0.2) is 0 Å². The van der Waals surface area contributed by atoms with Crippen LogP contribution in [0.25, 0.3) is 0 Å². The highest BCUT2D eigenvalue weighted by Crippen LogP contribution is 2.37. The number of benzene rings is 1. The Hall–Kier alpha value is -3.16. The molecule has 126 valence electrons. The lowest BCUT2D eigenvalue weighted by molar-refractivity contribution is -0.384. The number of aliphatic carboxylic acids is 1. The normalized spacial score (nSPS) is 17.3. The van der Waals surface area contributed by atoms with Crippen molar-refractivity contribution in [2.75, 3.05) is 0 Å². The number of non-ortho nitro benzene ring substituents is 1. The second-order valence-electron chi connectivity index (χ2n) is 5.26. The summed E-state index contributed by atoms with van der Waals surface area (Å²) in [5.41, 5.74) is 2.16. The molecule has 1 atom stereocenters. The Kier molecular flexibility index (Phi) is 4.98. The molecule has 0 aliphatic carbocycles. The van der Waals surface area contributed by atoms with E-state index in [4.69, 9.17) is 0 Å². The topological polar surface area (TPSA) is 122 Å². The number of carbonyl (C=O) groups is 2. The van der Waals surface area contributed by atoms with Crippen LogP contribution in [0, 0.1) is 10.1 Å². The van der Waals surface area contributed by atoms with Gasteiger partial charge in [-0.25, -0.2) is 4.79 Å². The molecule has 24 heavy (non-hydrogen) atoms. The van der Waals surface area contributed by atoms with Gasteiger partial charge in [-0.15, -0.1) is 0 Å². The quantitative estimate of drug-likeness (QED) is 0.416. The molecule has 8 nitrogen and oxygen atoms in total. The predicted octanol–water partition coefficient (Wildman–Crippen LogP) is 2.01. The lowest BCUT2D eigenvalue weighted by Crippen LogP contribution is -2.34. The van der Waals surface area contributed by atoms with Gasteiger partial charge >= 0.3 is 5.97 Å². The Balaban J connectivity index is 2.62. The van der Waals surface area contributed by atoms with Crippen LogP contribution in [0.4, 0.5) is 5.69 Å². The van der Waals surface area contributed by atoms with Crippen LogP contribution in [0.15, 0.2) is 46.9 Å². The number of carbonyl (C=O) groups excluding carboxylic acids is 1. The van der Waals surface area contributed by atoms with E-state index in [0.717, 1.165) is 0 Å². The van der Waals surface area contributed by atoms with Gasteiger partial charge in [-0.3, -0.25) is 14.9 Å². The number of nitrogens with zero attached hydrogens (tertiary/aromatic N) is 1. The SMILES string of the molecule is CCC1=C(C(=O)O)C(c2ccc([N+](=O)[O-])cc2)C(NC=O)=C(C)N1. The molecule has 0 saturated carbocycles. The second kappa shape index (κ2) is 6.95. The van der Waals surface area contributed by atoms with Gasteiger partial charge in [-0.2, -0.15) is 0 Å². The van der Waals surface area contributed by atoms with Gasteiger partial charge in [-0.1, -0.05) is 19.1 Å². The number of nitro benzene ring substituents is 1. The third-order valence-electron chi connectivity index (χ3n) is 3.88. The highest BCUT2D eigenvalue weighted by atomic mass is 16.6. The summed E-state index contributed by atoms with van der Waals surface area (Å²) < 4.78 is 0. The van der Waals surface area contributed by atoms with Gasteiger partial charge in [-0.05, 0) is 18.9 Å². The minimum Gasteiger partial charge on any atom is -0.478 e. The van der Waals surface area contributed by atoms with Crippen LogP contribution >= 0.6 is 0 Å². The number of dihydropyridines is 1. The molecule has 0 saturated heterocycles. The minimum atomic E-state index is -1.11. The molecule has 1 aromatic carbocycles. The summed E-state index contributed by atoms with van der Waals surface area (Å²) in [4.78, 5) is 33.0. The van der Waals surface area contributed by atoms with Gasteiger partial charge in [0.2, 0.25) is 6.41 Å². The first-order chi connectivity index (χ1) is 11.4. The first-order valence-corrected chi connectivity index (χ1v) is 7.29. The summed E-state index contributed by atoms with van der Waals surface area (Å²) in [6.07, 6.45) is 0.951. The monoisotopic (exact) mass is 331 g/mol. The number of nitro groups is 1. The van der Waals surface area contributed by atoms with E-state index in [1.165, 1.54) is 24.3 Å². The zero-order chi connectivity index (χ0) is 17.9. The molecule has 0 aromatic heterocycles. The van der Waals surface area contributed by atoms with Gasteiger partial charge in [0, 0.05) is 29.2 Å². The molecule has 0 bridgehead atoms. The van der Waals surface area contributed by atoms with Crippen molar-refractivity contribution >= 4 is 18.1 Å². The third-order valence-corrected chi connectivity index (χ3v) is 3.88. The molecule has 0 spiro atoms. The molecule has 0 radical (unpaired) electrons. The van der Waals surface area contributed by atoms with Crippen LogP contribution in [0.1, 0.15) is 31.7 Å². The predicted molar refractivity (Wildman–Crippen MR) is 85.8 cm³/mol. The third kappa shape index (κ3) is 3.12. The van der Waals surface area contributed by atoms with E-state index < -0.39 is 16.8 Å². The Morgan fingerprint density at radius 3 is 2.50 bits per heavy atom. The Morgan fingerprint density at radius 1 is 1.42 bits per heavy atom. The van der Waals surface area contributed by atoms with E-state index >= 15 is 0 Å². The Bertz CT molecular complexity index is 749. The second-order valence-corrected chi connectivity index (χ2v) is 5.26. The van der Waals surface area contributed by atoms with Gasteiger partial charge in [0.1, 0.15) is 0 Å². The van der Waals surface area contributed by atoms with E-state index in [9.17, 15) is 24.8 Å². The van der Waals surface area contributed by atoms with Crippen molar-refractivity contribution in [3.05, 3.63) is 62.6 Å². The average molecular weight is 331 g/mol. The summed E-state index contributed by atoms with van der Waals surface area (Å²) in [6, 6.07) is 5.64. The van der Waals surface area contributed by atoms with Crippen LogP contribution in [-0.4, -0.2) is 22.4 Å². The van der Waals surface area contributed by atoms with E-state index in [2.05, 4.69) is 10.6 Å². The highest BCUT2D eigenvalue weighted by Gasteiger charge is 2.34. The number of hydrogen-bond acceptors (Lipinski definition) is 5. The highest BCUT2D eigenvalue weighted by molar-refractivity contribution is 5.91. The maximum absolute atomic E-state index is 11.8. The fourth-order valence-electron chi connectivity index (χ4n) is 2.80. The molecule has 3 N–H and O–H groups in total. The number of hydrogen-bond donors (Lipinski definition) is 3. The maximum atomic E-state index is 11.8. The van der Waals surface area contributed by atoms with Crippen molar-refractivity contribution in [3.8, 4) is 0 Å². The molecule has 1 heterocycles. The summed E-state index contributed by atoms with van der Waals surface area (Å²) in [7, 11) is 0. The molecule has 1 aromatic rings. The first kappa shape index (κ1) is 17.2. The fourth-order valence-corrected chi connectivity index (χ4v) is 2.80. The smallest absolute Gasteiger partial charge is 0.334 e. The summed E-state index contributed by atoms with van der Waals surface area (Å²) in [5.74, 6) is -1.83. The number of allylic oxidation sites excluding steroid dienone is 3. The number of nitrogens with one attached hydrogen (secondary N) is 2. The number of carboxylic acid groups (broad SMARTS) is 1. The van der Waals surface area contributed by atoms with Crippen LogP contribution in [0.2, 0.25) is 0 Å². The summed E-state index contributed by atoms with van der Waals surface area (Å²) in [5, 5.41) is 26.0. The molecular formula is C16H17N3O5. The minimum absolute atomic E-state index is 0.0881. The molecule has 1 aliphatic heterocycles. The average Bonchev–Trinajstić information content (AvgIpc) is 2.55. The van der Waals surface area contributed by atoms with Gasteiger partial charge in [0.05, 0.1) is 16.4 Å². The van der Waals surface area contributed by atoms with Gasteiger partial charge < -0.3 is 15.7 Å². The van der Waals surface area contributed by atoms with E-state index in [1.54, 1.807) is 6.92 Å². The fraction of sp³-hybridized carbons (Fsp3) is 0.250. The summed E-state index contributed by atoms with van der Waals surface area (Å²) >= 11 is 0. The molecule has 2 rings (SSSR count). The van der Waals surface area contributed by atoms with Crippen molar-refractivity contribution < 1.29 is 19.6 Å². The van der Waals surface area contributed by atoms with Crippen molar-refractivity contribution in [3.63, 3.8) is 0 Å². The number of amides is 1. The van der Waals surface area contributed by atoms with Crippen LogP contribution in [0.3, 0.4) is 0 Å². The van der Waals surface area contributed by atoms with Crippen molar-refractivity contribution in [2.24, 2.45) is 0 Å². The van der Waals surface area contributed by atoms with Gasteiger partial charge in [0.25, 0.3) is 5.69 Å². The zero-order valence-electron chi connectivity index (χ0n) is 13.2. The van der Waals surface area contributed by atoms with E-state index in [-0.39, 0.29) is 11.3 Å². The lowest BCUT2D eigenvalue weighted by atomic mass is 9.83. The van der Waals surface area contributed by atoms with E-state index in [0.29, 0.717) is 35.5 Å². The standard InChI is InChI=1S/C16H17N3O5/c1-3-12-14(16(21)22)13(15(17-8-20)9(2)18-12)10-4-6-11(7-5-10)19(23)24/h4-8,13,18H,3H2,1-2H3,(H,17,20)(H,21,22). The molecular weight excluding hydrogens is 314 g/mol. The molecule has 1 unspecified atom stereocenters. The van der Waals surface area contributed by atoms with Crippen LogP contribution in [0.5, 0.6) is 0 Å². The Labute approximate surface area is 138 Å². The number of rotatable bonds is 6. The van der Waals surface area contributed by atoms with Crippen LogP contribution < -0.4 is 10.6 Å². The van der Waals surface area contributed by atoms with Crippen molar-refractivity contribution in [1.29, 1.82) is 0 Å². The first-order valence-electron chi connectivity index (χ1n) is 7.29. The largest absolute Gasteiger partial charge is 0.478 e. The summed E-state index contributed by atoms with van der Waals surface area (Å²) in [6.45, 7) is 3.56. The molecule has 1 amide bonds. The van der Waals surface area contributed by atoms with Crippen molar-refractivity contribution in [2.45, 2.75) is 26.2 Å². The van der Waals surface area contributed by atoms with Crippen molar-refractivity contribution in [1.82, 2.24) is 10.6 Å². The van der Waals surface area contributed by atoms with E-state index in [1.807, 2.05) is 6.92 Å².